The molecule has 0 unspecified atom stereocenters. The van der Waals surface area contributed by atoms with Gasteiger partial charge in [-0.15, -0.1) is 11.3 Å². The Bertz CT molecular complexity index is 7420. The van der Waals surface area contributed by atoms with E-state index in [-0.39, 0.29) is 0 Å². The largest absolute Gasteiger partial charge is 0.456 e. The topological polar surface area (TPSA) is 51.3 Å². The van der Waals surface area contributed by atoms with E-state index in [1.54, 1.807) is 0 Å². The maximum absolute atomic E-state index is 6.75. The summed E-state index contributed by atoms with van der Waals surface area (Å²) in [5.74, 6) is 3.53. The van der Waals surface area contributed by atoms with Gasteiger partial charge in [0.2, 0.25) is 0 Å². The van der Waals surface area contributed by atoms with Crippen LogP contribution in [0.15, 0.2) is 344 Å². The van der Waals surface area contributed by atoms with Crippen molar-refractivity contribution >= 4 is 141 Å². The highest BCUT2D eigenvalue weighted by atomic mass is 32.1. The average Bonchev–Trinajstić information content (AvgIpc) is 1.70. The van der Waals surface area contributed by atoms with E-state index in [2.05, 4.69) is 346 Å². The van der Waals surface area contributed by atoms with Gasteiger partial charge in [0.25, 0.3) is 0 Å². The van der Waals surface area contributed by atoms with Crippen LogP contribution in [0, 0.1) is 0 Å². The molecule has 0 spiro atoms. The second-order valence-corrected chi connectivity index (χ2v) is 28.4. The van der Waals surface area contributed by atoms with Gasteiger partial charge in [0, 0.05) is 96.5 Å². The molecule has 0 bridgehead atoms. The van der Waals surface area contributed by atoms with Gasteiger partial charge in [0.05, 0.1) is 55.5 Å². The van der Waals surface area contributed by atoms with Crippen molar-refractivity contribution in [2.45, 2.75) is 0 Å². The van der Waals surface area contributed by atoms with E-state index in [1.165, 1.54) is 107 Å². The minimum absolute atomic E-state index is 0.877. The molecule has 104 heavy (non-hydrogen) atoms. The number of para-hydroxylation sites is 9. The smallest absolute Gasteiger partial charge is 0.159 e. The molecule has 0 fully saturated rings. The first kappa shape index (κ1) is 57.1. The predicted octanol–water partition coefficient (Wildman–Crippen LogP) is 26.9. The Kier molecular flexibility index (Phi) is 12.0. The van der Waals surface area contributed by atoms with Crippen LogP contribution in [0.3, 0.4) is 0 Å². The molecule has 22 aromatic rings. The lowest BCUT2D eigenvalue weighted by Gasteiger charge is -2.23. The Morgan fingerprint density at radius 3 is 1.20 bits per heavy atom. The minimum atomic E-state index is 0.877. The molecule has 0 aliphatic carbocycles. The highest BCUT2D eigenvalue weighted by molar-refractivity contribution is 7.26. The number of aromatic nitrogens is 4. The molecule has 0 saturated carbocycles. The molecule has 0 saturated heterocycles. The van der Waals surface area contributed by atoms with E-state index in [0.29, 0.717) is 0 Å². The number of nitrogens with zero attached hydrogens (tertiary/aromatic N) is 4. The first-order valence-electron chi connectivity index (χ1n) is 35.4. The molecule has 7 nitrogen and oxygen atoms in total. The third-order valence-electron chi connectivity index (χ3n) is 21.9. The number of hydrogen-bond donors (Lipinski definition) is 0. The summed E-state index contributed by atoms with van der Waals surface area (Å²) in [7, 11) is 0. The van der Waals surface area contributed by atoms with Gasteiger partial charge >= 0.3 is 0 Å². The molecule has 24 rings (SSSR count). The highest BCUT2D eigenvalue weighted by Gasteiger charge is 2.29. The lowest BCUT2D eigenvalue weighted by Crippen LogP contribution is -2.05. The zero-order chi connectivity index (χ0) is 67.8. The van der Waals surface area contributed by atoms with Gasteiger partial charge < -0.3 is 32.2 Å². The van der Waals surface area contributed by atoms with Crippen LogP contribution < -0.4 is 9.47 Å². The third-order valence-corrected chi connectivity index (χ3v) is 23.1. The van der Waals surface area contributed by atoms with Gasteiger partial charge in [0.15, 0.2) is 23.0 Å². The summed E-state index contributed by atoms with van der Waals surface area (Å²) in [4.78, 5) is 0. The van der Waals surface area contributed by atoms with Crippen LogP contribution in [0.5, 0.6) is 23.0 Å². The Labute approximate surface area is 598 Å². The summed E-state index contributed by atoms with van der Waals surface area (Å²) < 4.78 is 31.9. The summed E-state index contributed by atoms with van der Waals surface area (Å²) >= 11 is 1.88. The van der Waals surface area contributed by atoms with Gasteiger partial charge in [-0.05, 0) is 155 Å². The fourth-order valence-electron chi connectivity index (χ4n) is 17.2. The zero-order valence-electron chi connectivity index (χ0n) is 55.8. The highest BCUT2D eigenvalue weighted by Crippen LogP contribution is 2.52. The Morgan fingerprint density at radius 2 is 0.625 bits per heavy atom. The molecule has 484 valence electrons. The fraction of sp³-hybridized carbons (Fsp3) is 0. The fourth-order valence-corrected chi connectivity index (χ4v) is 18.5. The van der Waals surface area contributed by atoms with Crippen LogP contribution in [-0.2, 0) is 0 Å². The van der Waals surface area contributed by atoms with Gasteiger partial charge in [-0.25, -0.2) is 0 Å². The normalized spacial score (nSPS) is 12.4. The molecule has 2 aliphatic heterocycles. The standard InChI is InChI=1S/C48H28N2O2.C48H28N2OS/c1-5-15-41-34(9-1)38-13-8-18-45-47(38)50(41)43-16-7-12-33(48(43)52-45)29-19-23-32(24-20-29)49-40-14-4-2-10-35(40)39-27-30(22-26-42(39)49)31-21-25-37-36-11-3-6-17-44(36)51-46(37)28-31;1-5-18-41-34(10-1)37-15-9-20-44-46(37)50(41)43-19-8-13-32(47(43)51-44)29-22-25-31(26-23-29)49-40-17-4-2-11-35(40)39-28-30(24-27-42(39)49)33-14-7-16-38-36-12-3-6-21-45(36)52-48(33)38/h2*1-28H. The van der Waals surface area contributed by atoms with Gasteiger partial charge in [-0.1, -0.05) is 218 Å². The van der Waals surface area contributed by atoms with Crippen molar-refractivity contribution in [1.29, 1.82) is 0 Å². The van der Waals surface area contributed by atoms with Crippen molar-refractivity contribution in [3.8, 4) is 90.3 Å². The molecule has 0 amide bonds. The van der Waals surface area contributed by atoms with Crippen molar-refractivity contribution in [2.75, 3.05) is 0 Å². The first-order valence-corrected chi connectivity index (χ1v) is 36.2. The number of hydrogen-bond acceptors (Lipinski definition) is 4. The van der Waals surface area contributed by atoms with E-state index < -0.39 is 0 Å². The number of fused-ring (bicyclic) bond motifs is 22. The molecular weight excluding hydrogens is 1290 g/mol. The average molecular weight is 1350 g/mol. The number of benzene rings is 16. The van der Waals surface area contributed by atoms with Crippen LogP contribution in [-0.4, -0.2) is 18.3 Å². The van der Waals surface area contributed by atoms with Crippen LogP contribution in [0.2, 0.25) is 0 Å². The summed E-state index contributed by atoms with van der Waals surface area (Å²) in [5.41, 5.74) is 24.7. The van der Waals surface area contributed by atoms with E-state index in [0.717, 1.165) is 112 Å². The predicted molar refractivity (Wildman–Crippen MR) is 432 cm³/mol. The van der Waals surface area contributed by atoms with Crippen LogP contribution in [0.25, 0.3) is 197 Å². The molecular formula is C96H56N4O3S. The minimum Gasteiger partial charge on any atom is -0.456 e. The quantitative estimate of drug-likeness (QED) is 0.167. The van der Waals surface area contributed by atoms with Crippen LogP contribution in [0.1, 0.15) is 0 Å². The van der Waals surface area contributed by atoms with Crippen LogP contribution >= 0.6 is 11.3 Å². The van der Waals surface area contributed by atoms with E-state index in [9.17, 15) is 0 Å². The second kappa shape index (κ2) is 21.9. The van der Waals surface area contributed by atoms with E-state index in [4.69, 9.17) is 13.9 Å². The number of rotatable bonds is 6. The molecule has 8 heteroatoms. The van der Waals surface area contributed by atoms with E-state index >= 15 is 0 Å². The SMILES string of the molecule is c1cc(-c2ccc(-n3c4ccccc4c4cc(-c5ccc6c(c5)oc5ccccc56)ccc43)cc2)c2c(c1)-n1c3ccccc3c3cccc(c31)O2.c1cc(-c2ccc(-n3c4ccccc4c4cc(-c5cccc6c5sc5ccccc56)ccc43)cc2)c2c(c1)-n1c3ccccc3c3cccc(c31)O2. The number of ether oxygens (including phenoxy) is 2. The second-order valence-electron chi connectivity index (χ2n) is 27.4. The van der Waals surface area contributed by atoms with Crippen molar-refractivity contribution in [3.63, 3.8) is 0 Å². The molecule has 16 aromatic carbocycles. The van der Waals surface area contributed by atoms with Crippen LogP contribution in [0.4, 0.5) is 0 Å². The molecule has 6 aromatic heterocycles. The molecule has 0 atom stereocenters. The summed E-state index contributed by atoms with van der Waals surface area (Å²) in [5, 5.41) is 14.8. The lowest BCUT2D eigenvalue weighted by molar-refractivity contribution is 0.478. The van der Waals surface area contributed by atoms with Crippen molar-refractivity contribution in [2.24, 2.45) is 0 Å². The van der Waals surface area contributed by atoms with Crippen molar-refractivity contribution in [3.05, 3.63) is 340 Å². The van der Waals surface area contributed by atoms with Gasteiger partial charge in [-0.3, -0.25) is 0 Å². The molecule has 8 heterocycles. The maximum atomic E-state index is 6.75. The molecule has 0 N–H and O–H groups in total. The number of furan rings is 1. The summed E-state index contributed by atoms with van der Waals surface area (Å²) in [6, 6.07) is 122. The third kappa shape index (κ3) is 8.28. The monoisotopic (exact) mass is 1340 g/mol. The Morgan fingerprint density at radius 1 is 0.231 bits per heavy atom. The van der Waals surface area contributed by atoms with Gasteiger partial charge in [0.1, 0.15) is 11.2 Å². The van der Waals surface area contributed by atoms with E-state index in [1.807, 2.05) is 23.5 Å². The lowest BCUT2D eigenvalue weighted by atomic mass is 10.0. The van der Waals surface area contributed by atoms with Gasteiger partial charge in [-0.2, -0.15) is 0 Å². The first-order chi connectivity index (χ1) is 51.6. The summed E-state index contributed by atoms with van der Waals surface area (Å²) in [6.45, 7) is 0. The molecule has 0 radical (unpaired) electrons. The number of thiophene rings is 1. The Hall–Kier alpha value is -13.7. The maximum Gasteiger partial charge on any atom is 0.159 e. The molecule has 2 aliphatic rings. The Balaban J connectivity index is 0.000000127. The van der Waals surface area contributed by atoms with Crippen molar-refractivity contribution < 1.29 is 13.9 Å². The van der Waals surface area contributed by atoms with Crippen molar-refractivity contribution in [1.82, 2.24) is 18.3 Å². The summed E-state index contributed by atoms with van der Waals surface area (Å²) in [6.07, 6.45) is 0. The zero-order valence-corrected chi connectivity index (χ0v) is 56.6.